The van der Waals surface area contributed by atoms with Gasteiger partial charge in [-0.2, -0.15) is 0 Å². The van der Waals surface area contributed by atoms with E-state index in [1.807, 2.05) is 0 Å². The molecule has 0 aromatic carbocycles. The zero-order valence-corrected chi connectivity index (χ0v) is 5.96. The zero-order chi connectivity index (χ0) is 7.28. The van der Waals surface area contributed by atoms with Crippen molar-refractivity contribution in [3.05, 3.63) is 6.92 Å². The van der Waals surface area contributed by atoms with Crippen molar-refractivity contribution in [1.82, 2.24) is 0 Å². The molecule has 9 heavy (non-hydrogen) atoms. The SMILES string of the molecule is [CH2+]COC(=O)C(=N)SC. The number of carbonyl (C=O) groups excluding carboxylic acids is 1. The summed E-state index contributed by atoms with van der Waals surface area (Å²) in [7, 11) is 0. The Hall–Kier alpha value is -0.640. The molecule has 0 rings (SSSR count). The zero-order valence-electron chi connectivity index (χ0n) is 5.14. The number of thioether (sulfide) groups is 1. The van der Waals surface area contributed by atoms with E-state index >= 15 is 0 Å². The summed E-state index contributed by atoms with van der Waals surface area (Å²) in [5.41, 5.74) is 0. The Labute approximate surface area is 58.3 Å². The number of hydrogen-bond acceptors (Lipinski definition) is 4. The first kappa shape index (κ1) is 8.36. The number of ether oxygens (including phenoxy) is 1. The van der Waals surface area contributed by atoms with Gasteiger partial charge >= 0.3 is 5.97 Å². The minimum Gasteiger partial charge on any atom is -0.418 e. The Morgan fingerprint density at radius 1 is 1.89 bits per heavy atom. The third kappa shape index (κ3) is 3.03. The molecule has 0 fully saturated rings. The van der Waals surface area contributed by atoms with Crippen LogP contribution in [0.3, 0.4) is 0 Å². The van der Waals surface area contributed by atoms with Crippen LogP contribution in [0.1, 0.15) is 0 Å². The van der Waals surface area contributed by atoms with Crippen LogP contribution in [-0.2, 0) is 9.53 Å². The lowest BCUT2D eigenvalue weighted by Crippen LogP contribution is -2.12. The fraction of sp³-hybridized carbons (Fsp3) is 0.400. The smallest absolute Gasteiger partial charge is 0.366 e. The molecule has 1 N–H and O–H groups in total. The van der Waals surface area contributed by atoms with Crippen LogP contribution in [0, 0.1) is 12.3 Å². The fourth-order valence-electron chi connectivity index (χ4n) is 0.242. The third-order valence-corrected chi connectivity index (χ3v) is 1.20. The van der Waals surface area contributed by atoms with E-state index in [9.17, 15) is 4.79 Å². The maximum absolute atomic E-state index is 10.5. The maximum atomic E-state index is 10.5. The molecule has 0 aliphatic carbocycles. The Morgan fingerprint density at radius 3 is 2.78 bits per heavy atom. The van der Waals surface area contributed by atoms with Crippen molar-refractivity contribution < 1.29 is 9.53 Å². The van der Waals surface area contributed by atoms with Crippen LogP contribution in [0.2, 0.25) is 0 Å². The predicted octanol–water partition coefficient (Wildman–Crippen LogP) is 0.704. The van der Waals surface area contributed by atoms with Crippen molar-refractivity contribution >= 4 is 22.8 Å². The average molecular weight is 146 g/mol. The molecule has 0 saturated carbocycles. The molecule has 3 nitrogen and oxygen atoms in total. The van der Waals surface area contributed by atoms with Gasteiger partial charge in [0.2, 0.25) is 6.61 Å². The van der Waals surface area contributed by atoms with Gasteiger partial charge in [0.05, 0.1) is 0 Å². The van der Waals surface area contributed by atoms with E-state index < -0.39 is 5.97 Å². The van der Waals surface area contributed by atoms with E-state index in [2.05, 4.69) is 11.7 Å². The number of rotatable bonds is 1. The molecule has 4 heteroatoms. The molecule has 0 saturated heterocycles. The second kappa shape index (κ2) is 4.26. The summed E-state index contributed by atoms with van der Waals surface area (Å²) in [5.74, 6) is -0.600. The van der Waals surface area contributed by atoms with Crippen molar-refractivity contribution in [2.24, 2.45) is 0 Å². The molecule has 0 aliphatic rings. The standard InChI is InChI=1S/C5H8NO2S/c1-3-8-5(7)4(6)9-2/h6H,1,3H2,2H3/q+1. The minimum atomic E-state index is -0.600. The Bertz CT molecular complexity index is 124. The van der Waals surface area contributed by atoms with Gasteiger partial charge in [0.1, 0.15) is 6.92 Å². The highest BCUT2D eigenvalue weighted by Gasteiger charge is 2.07. The molecule has 0 bridgehead atoms. The molecule has 0 aromatic heterocycles. The molecule has 0 radical (unpaired) electrons. The molecule has 0 aromatic rings. The topological polar surface area (TPSA) is 50.2 Å². The van der Waals surface area contributed by atoms with E-state index in [0.29, 0.717) is 0 Å². The molecule has 0 unspecified atom stereocenters. The summed E-state index contributed by atoms with van der Waals surface area (Å²) in [6.45, 7) is 3.38. The van der Waals surface area contributed by atoms with Gasteiger partial charge in [-0.3, -0.25) is 5.41 Å². The number of carbonyl (C=O) groups is 1. The highest BCUT2D eigenvalue weighted by molar-refractivity contribution is 8.14. The molecule has 50 valence electrons. The predicted molar refractivity (Wildman–Crippen MR) is 37.6 cm³/mol. The highest BCUT2D eigenvalue weighted by atomic mass is 32.2. The summed E-state index contributed by atoms with van der Waals surface area (Å²) >= 11 is 1.05. The van der Waals surface area contributed by atoms with E-state index in [1.165, 1.54) is 0 Å². The van der Waals surface area contributed by atoms with Crippen LogP contribution < -0.4 is 0 Å². The first-order chi connectivity index (χ1) is 4.22. The van der Waals surface area contributed by atoms with E-state index in [1.54, 1.807) is 6.26 Å². The van der Waals surface area contributed by atoms with Crippen LogP contribution in [0.5, 0.6) is 0 Å². The third-order valence-electron chi connectivity index (χ3n) is 0.623. The first-order valence-corrected chi connectivity index (χ1v) is 3.53. The normalized spacial score (nSPS) is 8.56. The van der Waals surface area contributed by atoms with Crippen LogP contribution in [0.15, 0.2) is 0 Å². The van der Waals surface area contributed by atoms with Crippen LogP contribution >= 0.6 is 11.8 Å². The van der Waals surface area contributed by atoms with Crippen molar-refractivity contribution in [1.29, 1.82) is 5.41 Å². The Balaban J connectivity index is 3.60. The number of nitrogens with one attached hydrogen (secondary N) is 1. The fourth-order valence-corrected chi connectivity index (χ4v) is 0.467. The van der Waals surface area contributed by atoms with Gasteiger partial charge in [-0.25, -0.2) is 4.79 Å². The largest absolute Gasteiger partial charge is 0.418 e. The van der Waals surface area contributed by atoms with Gasteiger partial charge in [0.25, 0.3) is 0 Å². The van der Waals surface area contributed by atoms with Crippen molar-refractivity contribution in [2.45, 2.75) is 0 Å². The first-order valence-electron chi connectivity index (χ1n) is 2.31. The lowest BCUT2D eigenvalue weighted by Gasteiger charge is -1.94. The summed E-state index contributed by atoms with van der Waals surface area (Å²) in [6, 6.07) is 0. The number of esters is 1. The average Bonchev–Trinajstić information content (AvgIpc) is 1.87. The van der Waals surface area contributed by atoms with Crippen molar-refractivity contribution in [3.8, 4) is 0 Å². The number of hydrogen-bond donors (Lipinski definition) is 1. The van der Waals surface area contributed by atoms with E-state index in [0.717, 1.165) is 11.8 Å². The quantitative estimate of drug-likeness (QED) is 0.256. The van der Waals surface area contributed by atoms with Gasteiger partial charge in [-0.15, -0.1) is 11.8 Å². The molecular weight excluding hydrogens is 138 g/mol. The maximum Gasteiger partial charge on any atom is 0.366 e. The lowest BCUT2D eigenvalue weighted by molar-refractivity contribution is -0.134. The van der Waals surface area contributed by atoms with E-state index in [-0.39, 0.29) is 11.7 Å². The molecule has 0 aliphatic heterocycles. The molecule has 0 spiro atoms. The molecular formula is C5H8NO2S+. The molecule has 0 heterocycles. The molecule has 0 atom stereocenters. The van der Waals surface area contributed by atoms with Gasteiger partial charge in [0, 0.05) is 0 Å². The lowest BCUT2D eigenvalue weighted by atomic mass is 10.7. The van der Waals surface area contributed by atoms with Crippen molar-refractivity contribution in [2.75, 3.05) is 12.9 Å². The Morgan fingerprint density at radius 2 is 2.44 bits per heavy atom. The highest BCUT2D eigenvalue weighted by Crippen LogP contribution is 1.96. The summed E-state index contributed by atoms with van der Waals surface area (Å²) in [6.07, 6.45) is 1.65. The van der Waals surface area contributed by atoms with Crippen LogP contribution in [0.4, 0.5) is 0 Å². The van der Waals surface area contributed by atoms with Crippen LogP contribution in [0.25, 0.3) is 0 Å². The summed E-state index contributed by atoms with van der Waals surface area (Å²) in [5, 5.41) is 6.82. The van der Waals surface area contributed by atoms with Gasteiger partial charge in [0.15, 0.2) is 5.04 Å². The van der Waals surface area contributed by atoms with Gasteiger partial charge in [-0.05, 0) is 6.26 Å². The summed E-state index contributed by atoms with van der Waals surface area (Å²) in [4.78, 5) is 10.5. The monoisotopic (exact) mass is 146 g/mol. The van der Waals surface area contributed by atoms with Gasteiger partial charge in [-0.1, -0.05) is 0 Å². The minimum absolute atomic E-state index is 0.0846. The second-order valence-corrected chi connectivity index (χ2v) is 1.99. The van der Waals surface area contributed by atoms with Crippen molar-refractivity contribution in [3.63, 3.8) is 0 Å². The summed E-state index contributed by atoms with van der Waals surface area (Å²) < 4.78 is 4.40. The van der Waals surface area contributed by atoms with Crippen LogP contribution in [-0.4, -0.2) is 23.9 Å². The van der Waals surface area contributed by atoms with E-state index in [4.69, 9.17) is 5.41 Å². The second-order valence-electron chi connectivity index (χ2n) is 1.17. The van der Waals surface area contributed by atoms with Gasteiger partial charge < -0.3 is 4.74 Å². The molecule has 0 amide bonds. The Kier molecular flexibility index (Phi) is 3.96.